The minimum absolute atomic E-state index is 0.0882. The number of para-hydroxylation sites is 1. The fraction of sp³-hybridized carbons (Fsp3) is 0.294. The van der Waals surface area contributed by atoms with E-state index in [-0.39, 0.29) is 11.3 Å². The highest BCUT2D eigenvalue weighted by Crippen LogP contribution is 2.16. The number of rotatable bonds is 6. The van der Waals surface area contributed by atoms with Gasteiger partial charge >= 0.3 is 0 Å². The van der Waals surface area contributed by atoms with Gasteiger partial charge in [-0.15, -0.1) is 0 Å². The van der Waals surface area contributed by atoms with Gasteiger partial charge in [-0.2, -0.15) is 10.4 Å². The summed E-state index contributed by atoms with van der Waals surface area (Å²) in [7, 11) is 0. The summed E-state index contributed by atoms with van der Waals surface area (Å²) in [5.41, 5.74) is 0.269. The van der Waals surface area contributed by atoms with E-state index < -0.39 is 23.4 Å². The molecule has 1 aromatic heterocycles. The smallest absolute Gasteiger partial charge is 0.247 e. The van der Waals surface area contributed by atoms with Crippen molar-refractivity contribution in [1.82, 2.24) is 14.7 Å². The van der Waals surface area contributed by atoms with Crippen molar-refractivity contribution >= 4 is 11.7 Å². The Kier molecular flexibility index (Phi) is 5.42. The number of carbonyl (C=O) groups is 2. The zero-order chi connectivity index (χ0) is 17.7. The minimum Gasteiger partial charge on any atom is -0.342 e. The van der Waals surface area contributed by atoms with Gasteiger partial charge in [0.25, 0.3) is 0 Å². The first-order valence-electron chi connectivity index (χ1n) is 7.55. The number of nitriles is 1. The number of ketones is 1. The van der Waals surface area contributed by atoms with E-state index in [1.807, 2.05) is 0 Å². The summed E-state index contributed by atoms with van der Waals surface area (Å²) in [4.78, 5) is 26.2. The number of nitrogens with zero attached hydrogens (tertiary/aromatic N) is 4. The SMILES string of the molecule is CCN(CC)C(=O)[C@@H](C#N)C(=O)c1cnn(-c2ccccc2F)c1. The second kappa shape index (κ2) is 7.51. The van der Waals surface area contributed by atoms with Crippen LogP contribution in [0.1, 0.15) is 24.2 Å². The zero-order valence-corrected chi connectivity index (χ0v) is 13.4. The number of halogens is 1. The Morgan fingerprint density at radius 3 is 2.58 bits per heavy atom. The van der Waals surface area contributed by atoms with E-state index in [0.717, 1.165) is 0 Å². The van der Waals surface area contributed by atoms with Crippen molar-refractivity contribution in [1.29, 1.82) is 5.26 Å². The van der Waals surface area contributed by atoms with Crippen molar-refractivity contribution in [3.63, 3.8) is 0 Å². The Bertz CT molecular complexity index is 790. The van der Waals surface area contributed by atoms with Gasteiger partial charge < -0.3 is 4.90 Å². The lowest BCUT2D eigenvalue weighted by Gasteiger charge is -2.20. The minimum atomic E-state index is -1.43. The molecule has 0 saturated carbocycles. The Labute approximate surface area is 139 Å². The highest BCUT2D eigenvalue weighted by Gasteiger charge is 2.31. The van der Waals surface area contributed by atoms with Crippen LogP contribution < -0.4 is 0 Å². The lowest BCUT2D eigenvalue weighted by molar-refractivity contribution is -0.132. The van der Waals surface area contributed by atoms with Crippen LogP contribution in [0.2, 0.25) is 0 Å². The van der Waals surface area contributed by atoms with Gasteiger partial charge in [0.1, 0.15) is 11.5 Å². The number of hydrogen-bond acceptors (Lipinski definition) is 4. The van der Waals surface area contributed by atoms with Gasteiger partial charge in [0.2, 0.25) is 5.91 Å². The predicted molar refractivity (Wildman–Crippen MR) is 84.9 cm³/mol. The molecule has 1 amide bonds. The van der Waals surface area contributed by atoms with Crippen LogP contribution in [0.5, 0.6) is 0 Å². The predicted octanol–water partition coefficient (Wildman–Crippen LogP) is 2.20. The van der Waals surface area contributed by atoms with E-state index in [4.69, 9.17) is 0 Å². The van der Waals surface area contributed by atoms with Gasteiger partial charge in [-0.3, -0.25) is 9.59 Å². The molecule has 0 radical (unpaired) electrons. The van der Waals surface area contributed by atoms with Gasteiger partial charge in [0.05, 0.1) is 17.8 Å². The van der Waals surface area contributed by atoms with E-state index in [9.17, 15) is 19.2 Å². The number of amides is 1. The fourth-order valence-electron chi connectivity index (χ4n) is 2.33. The molecule has 0 aliphatic carbocycles. The molecule has 7 heteroatoms. The summed E-state index contributed by atoms with van der Waals surface area (Å²) >= 11 is 0. The van der Waals surface area contributed by atoms with Gasteiger partial charge in [0, 0.05) is 19.3 Å². The second-order valence-corrected chi connectivity index (χ2v) is 5.06. The van der Waals surface area contributed by atoms with E-state index in [0.29, 0.717) is 13.1 Å². The van der Waals surface area contributed by atoms with Crippen molar-refractivity contribution in [2.45, 2.75) is 13.8 Å². The molecule has 1 atom stereocenters. The molecule has 0 aliphatic heterocycles. The molecule has 0 aliphatic rings. The molecular formula is C17H17FN4O2. The average Bonchev–Trinajstić information content (AvgIpc) is 3.06. The summed E-state index contributed by atoms with van der Waals surface area (Å²) in [6, 6.07) is 7.74. The second-order valence-electron chi connectivity index (χ2n) is 5.06. The third-order valence-corrected chi connectivity index (χ3v) is 3.68. The van der Waals surface area contributed by atoms with Crippen LogP contribution in [0.4, 0.5) is 4.39 Å². The van der Waals surface area contributed by atoms with Gasteiger partial charge in [-0.1, -0.05) is 12.1 Å². The molecule has 1 aromatic carbocycles. The standard InChI is InChI=1S/C17H17FN4O2/c1-3-21(4-2)17(24)13(9-19)16(23)12-10-20-22(11-12)15-8-6-5-7-14(15)18/h5-8,10-11,13H,3-4H2,1-2H3/t13-/m0/s1. The molecular weight excluding hydrogens is 311 g/mol. The van der Waals surface area contributed by atoms with Gasteiger partial charge in [0.15, 0.2) is 11.7 Å². The van der Waals surface area contributed by atoms with E-state index >= 15 is 0 Å². The number of benzene rings is 1. The van der Waals surface area contributed by atoms with E-state index in [1.165, 1.54) is 34.1 Å². The number of Topliss-reactive ketones (excluding diaryl/α,β-unsaturated/α-hetero) is 1. The largest absolute Gasteiger partial charge is 0.342 e. The summed E-state index contributed by atoms with van der Waals surface area (Å²) in [6.45, 7) is 4.37. The number of aromatic nitrogens is 2. The van der Waals surface area contributed by atoms with Crippen molar-refractivity contribution in [3.05, 3.63) is 48.0 Å². The van der Waals surface area contributed by atoms with Gasteiger partial charge in [-0.25, -0.2) is 9.07 Å². The van der Waals surface area contributed by atoms with Crippen molar-refractivity contribution in [2.24, 2.45) is 5.92 Å². The first kappa shape index (κ1) is 17.3. The van der Waals surface area contributed by atoms with Crippen molar-refractivity contribution in [3.8, 4) is 11.8 Å². The molecule has 0 fully saturated rings. The Morgan fingerprint density at radius 2 is 2.00 bits per heavy atom. The number of hydrogen-bond donors (Lipinski definition) is 0. The molecule has 1 heterocycles. The van der Waals surface area contributed by atoms with Crippen LogP contribution >= 0.6 is 0 Å². The molecule has 0 N–H and O–H groups in total. The molecule has 0 saturated heterocycles. The highest BCUT2D eigenvalue weighted by atomic mass is 19.1. The summed E-state index contributed by atoms with van der Waals surface area (Å²) < 4.78 is 15.0. The Hall–Kier alpha value is -3.01. The molecule has 0 bridgehead atoms. The van der Waals surface area contributed by atoms with Crippen LogP contribution in [0, 0.1) is 23.1 Å². The molecule has 2 aromatic rings. The van der Waals surface area contributed by atoms with E-state index in [1.54, 1.807) is 32.0 Å². The lowest BCUT2D eigenvalue weighted by atomic mass is 10.00. The van der Waals surface area contributed by atoms with Crippen molar-refractivity contribution < 1.29 is 14.0 Å². The molecule has 6 nitrogen and oxygen atoms in total. The first-order valence-corrected chi connectivity index (χ1v) is 7.55. The normalized spacial score (nSPS) is 11.6. The maximum absolute atomic E-state index is 13.8. The molecule has 24 heavy (non-hydrogen) atoms. The molecule has 0 unspecified atom stereocenters. The van der Waals surface area contributed by atoms with E-state index in [2.05, 4.69) is 5.10 Å². The average molecular weight is 328 g/mol. The van der Waals surface area contributed by atoms with Crippen LogP contribution in [0.3, 0.4) is 0 Å². The van der Waals surface area contributed by atoms with Crippen LogP contribution in [-0.4, -0.2) is 39.5 Å². The summed E-state index contributed by atoms with van der Waals surface area (Å²) in [6.07, 6.45) is 2.55. The quantitative estimate of drug-likeness (QED) is 0.601. The highest BCUT2D eigenvalue weighted by molar-refractivity contribution is 6.11. The maximum Gasteiger partial charge on any atom is 0.247 e. The first-order chi connectivity index (χ1) is 11.5. The zero-order valence-electron chi connectivity index (χ0n) is 13.4. The molecule has 0 spiro atoms. The maximum atomic E-state index is 13.8. The monoisotopic (exact) mass is 328 g/mol. The van der Waals surface area contributed by atoms with Gasteiger partial charge in [-0.05, 0) is 26.0 Å². The molecule has 2 rings (SSSR count). The summed E-state index contributed by atoms with van der Waals surface area (Å²) in [5, 5.41) is 13.2. The van der Waals surface area contributed by atoms with Crippen LogP contribution in [0.15, 0.2) is 36.7 Å². The number of carbonyl (C=O) groups excluding carboxylic acids is 2. The van der Waals surface area contributed by atoms with Crippen LogP contribution in [0.25, 0.3) is 5.69 Å². The topological polar surface area (TPSA) is 79.0 Å². The molecule has 124 valence electrons. The third kappa shape index (κ3) is 3.33. The summed E-state index contributed by atoms with van der Waals surface area (Å²) in [5.74, 6) is -3.10. The Morgan fingerprint density at radius 1 is 1.33 bits per heavy atom. The lowest BCUT2D eigenvalue weighted by Crippen LogP contribution is -2.38. The fourth-order valence-corrected chi connectivity index (χ4v) is 2.33. The van der Waals surface area contributed by atoms with Crippen molar-refractivity contribution in [2.75, 3.05) is 13.1 Å². The van der Waals surface area contributed by atoms with Crippen LogP contribution in [-0.2, 0) is 4.79 Å². The third-order valence-electron chi connectivity index (χ3n) is 3.68. The Balaban J connectivity index is 2.29.